The van der Waals surface area contributed by atoms with Crippen molar-refractivity contribution in [3.05, 3.63) is 39.9 Å². The Kier molecular flexibility index (Phi) is 2.81. The largest absolute Gasteiger partial charge is 0.339 e. The molecule has 0 fully saturated rings. The van der Waals surface area contributed by atoms with Crippen molar-refractivity contribution in [1.29, 1.82) is 0 Å². The molecule has 3 aromatic rings. The van der Waals surface area contributed by atoms with Crippen molar-refractivity contribution in [3.63, 3.8) is 0 Å². The maximum absolute atomic E-state index is 5.21. The molecule has 6 heteroatoms. The fourth-order valence-corrected chi connectivity index (χ4v) is 2.56. The minimum absolute atomic E-state index is 0.578. The van der Waals surface area contributed by atoms with Gasteiger partial charge in [-0.05, 0) is 17.5 Å². The molecule has 0 saturated heterocycles. The molecule has 0 aromatic carbocycles. The van der Waals surface area contributed by atoms with E-state index >= 15 is 0 Å². The summed E-state index contributed by atoms with van der Waals surface area (Å²) in [6.45, 7) is 0. The molecule has 0 bridgehead atoms. The first kappa shape index (κ1) is 11.3. The first-order valence-electron chi connectivity index (χ1n) is 5.35. The molecule has 0 atom stereocenters. The minimum Gasteiger partial charge on any atom is -0.339 e. The van der Waals surface area contributed by atoms with Gasteiger partial charge in [-0.3, -0.25) is 4.68 Å². The summed E-state index contributed by atoms with van der Waals surface area (Å²) in [5.41, 5.74) is 2.99. The summed E-state index contributed by atoms with van der Waals surface area (Å²) >= 11 is 6.85. The highest BCUT2D eigenvalue weighted by molar-refractivity contribution is 7.71. The van der Waals surface area contributed by atoms with Gasteiger partial charge in [-0.15, -0.1) is 0 Å². The average molecular weight is 274 g/mol. The smallest absolute Gasteiger partial charge is 0.140 e. The van der Waals surface area contributed by atoms with Crippen LogP contribution in [0.3, 0.4) is 0 Å². The fraction of sp³-hybridized carbons (Fsp3) is 0.0833. The molecule has 0 radical (unpaired) electrons. The normalized spacial score (nSPS) is 10.7. The molecule has 4 nitrogen and oxygen atoms in total. The third-order valence-corrected chi connectivity index (χ3v) is 3.45. The van der Waals surface area contributed by atoms with E-state index in [-0.39, 0.29) is 0 Å². The monoisotopic (exact) mass is 274 g/mol. The molecule has 0 aliphatic rings. The lowest BCUT2D eigenvalue weighted by Crippen LogP contribution is -1.91. The predicted molar refractivity (Wildman–Crippen MR) is 74.9 cm³/mol. The summed E-state index contributed by atoms with van der Waals surface area (Å²) in [6, 6.07) is 3.87. The van der Waals surface area contributed by atoms with Gasteiger partial charge in [-0.2, -0.15) is 16.4 Å². The van der Waals surface area contributed by atoms with Crippen molar-refractivity contribution in [2.75, 3.05) is 0 Å². The standard InChI is InChI=1S/C12H10N4S2/c1-16-6-9(5-13-16)10-4-11(17)15-12(14-10)8-2-3-18-7-8/h2-7H,1H3,(H,14,15,17). The summed E-state index contributed by atoms with van der Waals surface area (Å²) in [6.07, 6.45) is 3.75. The van der Waals surface area contributed by atoms with Crippen LogP contribution in [0.4, 0.5) is 0 Å². The first-order chi connectivity index (χ1) is 8.72. The molecule has 0 amide bonds. The van der Waals surface area contributed by atoms with E-state index in [1.165, 1.54) is 0 Å². The van der Waals surface area contributed by atoms with Gasteiger partial charge >= 0.3 is 0 Å². The molecule has 3 rings (SSSR count). The number of aromatic amines is 1. The van der Waals surface area contributed by atoms with Crippen LogP contribution >= 0.6 is 23.6 Å². The molecule has 3 heterocycles. The SMILES string of the molecule is Cn1cc(-c2cc(=S)nc(-c3ccsc3)[nH]2)cn1. The van der Waals surface area contributed by atoms with Gasteiger partial charge in [0, 0.05) is 29.8 Å². The van der Waals surface area contributed by atoms with E-state index in [9.17, 15) is 0 Å². The number of aryl methyl sites for hydroxylation is 1. The molecule has 0 unspecified atom stereocenters. The van der Waals surface area contributed by atoms with Gasteiger partial charge in [0.2, 0.25) is 0 Å². The van der Waals surface area contributed by atoms with Gasteiger partial charge in [0.1, 0.15) is 10.5 Å². The van der Waals surface area contributed by atoms with E-state index < -0.39 is 0 Å². The highest BCUT2D eigenvalue weighted by Gasteiger charge is 2.06. The lowest BCUT2D eigenvalue weighted by atomic mass is 10.2. The molecular weight excluding hydrogens is 264 g/mol. The molecular formula is C12H10N4S2. The topological polar surface area (TPSA) is 46.5 Å². The zero-order chi connectivity index (χ0) is 12.5. The van der Waals surface area contributed by atoms with E-state index in [1.54, 1.807) is 22.2 Å². The number of hydrogen-bond donors (Lipinski definition) is 1. The Labute approximate surface area is 113 Å². The van der Waals surface area contributed by atoms with Crippen LogP contribution in [0.15, 0.2) is 35.3 Å². The van der Waals surface area contributed by atoms with Gasteiger partial charge in [0.05, 0.1) is 11.9 Å². The number of nitrogens with one attached hydrogen (secondary N) is 1. The van der Waals surface area contributed by atoms with Gasteiger partial charge < -0.3 is 4.98 Å². The van der Waals surface area contributed by atoms with Crippen LogP contribution in [-0.2, 0) is 7.05 Å². The number of H-pyrrole nitrogens is 1. The van der Waals surface area contributed by atoms with Gasteiger partial charge in [0.25, 0.3) is 0 Å². The zero-order valence-corrected chi connectivity index (χ0v) is 11.3. The van der Waals surface area contributed by atoms with E-state index in [4.69, 9.17) is 12.2 Å². The molecule has 0 saturated carbocycles. The van der Waals surface area contributed by atoms with Crippen LogP contribution in [0.1, 0.15) is 0 Å². The summed E-state index contributed by atoms with van der Waals surface area (Å²) in [7, 11) is 1.89. The molecule has 18 heavy (non-hydrogen) atoms. The maximum atomic E-state index is 5.21. The van der Waals surface area contributed by atoms with Crippen molar-refractivity contribution >= 4 is 23.6 Å². The van der Waals surface area contributed by atoms with Crippen LogP contribution in [0, 0.1) is 4.64 Å². The zero-order valence-electron chi connectivity index (χ0n) is 9.62. The van der Waals surface area contributed by atoms with Crippen molar-refractivity contribution in [2.24, 2.45) is 7.05 Å². The fourth-order valence-electron chi connectivity index (χ4n) is 1.71. The van der Waals surface area contributed by atoms with E-state index in [0.717, 1.165) is 22.6 Å². The van der Waals surface area contributed by atoms with Crippen LogP contribution in [0.5, 0.6) is 0 Å². The Morgan fingerprint density at radius 3 is 2.94 bits per heavy atom. The Balaban J connectivity index is 2.15. The van der Waals surface area contributed by atoms with Gasteiger partial charge in [-0.25, -0.2) is 4.98 Å². The van der Waals surface area contributed by atoms with Crippen LogP contribution in [0.2, 0.25) is 0 Å². The molecule has 0 aliphatic carbocycles. The van der Waals surface area contributed by atoms with E-state index in [2.05, 4.69) is 15.1 Å². The van der Waals surface area contributed by atoms with Crippen molar-refractivity contribution < 1.29 is 0 Å². The van der Waals surface area contributed by atoms with Crippen molar-refractivity contribution in [1.82, 2.24) is 19.7 Å². The number of nitrogens with zero attached hydrogens (tertiary/aromatic N) is 3. The van der Waals surface area contributed by atoms with E-state index in [1.807, 2.05) is 36.1 Å². The Bertz CT molecular complexity index is 725. The number of rotatable bonds is 2. The Morgan fingerprint density at radius 1 is 1.39 bits per heavy atom. The first-order valence-corrected chi connectivity index (χ1v) is 6.70. The summed E-state index contributed by atoms with van der Waals surface area (Å²) in [5, 5.41) is 8.22. The highest BCUT2D eigenvalue weighted by Crippen LogP contribution is 2.22. The Hall–Kier alpha value is -1.79. The second-order valence-corrected chi connectivity index (χ2v) is 5.09. The van der Waals surface area contributed by atoms with Crippen LogP contribution < -0.4 is 0 Å². The lowest BCUT2D eigenvalue weighted by Gasteiger charge is -2.02. The maximum Gasteiger partial charge on any atom is 0.140 e. The quantitative estimate of drug-likeness (QED) is 0.730. The van der Waals surface area contributed by atoms with Crippen LogP contribution in [0.25, 0.3) is 22.6 Å². The summed E-state index contributed by atoms with van der Waals surface area (Å²) in [5.74, 6) is 0.794. The van der Waals surface area contributed by atoms with Crippen molar-refractivity contribution in [3.8, 4) is 22.6 Å². The van der Waals surface area contributed by atoms with E-state index in [0.29, 0.717) is 4.64 Å². The highest BCUT2D eigenvalue weighted by atomic mass is 32.1. The lowest BCUT2D eigenvalue weighted by molar-refractivity contribution is 0.768. The Morgan fingerprint density at radius 2 is 2.28 bits per heavy atom. The second-order valence-electron chi connectivity index (χ2n) is 3.90. The molecule has 3 aromatic heterocycles. The molecule has 90 valence electrons. The summed E-state index contributed by atoms with van der Waals surface area (Å²) in [4.78, 5) is 7.64. The number of hydrogen-bond acceptors (Lipinski definition) is 4. The predicted octanol–water partition coefficient (Wildman–Crippen LogP) is 3.27. The summed E-state index contributed by atoms with van der Waals surface area (Å²) < 4.78 is 2.34. The van der Waals surface area contributed by atoms with Crippen LogP contribution in [-0.4, -0.2) is 19.7 Å². The molecule has 0 spiro atoms. The third kappa shape index (κ3) is 2.12. The third-order valence-electron chi connectivity index (χ3n) is 2.55. The second kappa shape index (κ2) is 4.47. The van der Waals surface area contributed by atoms with Gasteiger partial charge in [0.15, 0.2) is 0 Å². The number of thiophene rings is 1. The average Bonchev–Trinajstić information content (AvgIpc) is 2.98. The van der Waals surface area contributed by atoms with Crippen molar-refractivity contribution in [2.45, 2.75) is 0 Å². The molecule has 0 aliphatic heterocycles. The van der Waals surface area contributed by atoms with Gasteiger partial charge in [-0.1, -0.05) is 12.2 Å². The molecule has 1 N–H and O–H groups in total. The minimum atomic E-state index is 0.578. The number of aromatic nitrogens is 4.